The summed E-state index contributed by atoms with van der Waals surface area (Å²) in [6.45, 7) is 0.543. The average molecular weight is 386 g/mol. The van der Waals surface area contributed by atoms with Crippen molar-refractivity contribution in [2.24, 2.45) is 0 Å². The molecule has 0 radical (unpaired) electrons. The Kier molecular flexibility index (Phi) is 8.19. The predicted octanol–water partition coefficient (Wildman–Crippen LogP) is 4.76. The van der Waals surface area contributed by atoms with E-state index in [9.17, 15) is 9.59 Å². The minimum Gasteiger partial charge on any atom is -0.335 e. The van der Waals surface area contributed by atoms with E-state index in [0.717, 1.165) is 18.5 Å². The molecule has 154 valence electrons. The molecule has 1 atom stereocenters. The van der Waals surface area contributed by atoms with Gasteiger partial charge in [0, 0.05) is 24.7 Å². The van der Waals surface area contributed by atoms with Gasteiger partial charge in [-0.25, -0.2) is 4.79 Å². The number of para-hydroxylation sites is 1. The molecule has 28 heavy (non-hydrogen) atoms. The van der Waals surface area contributed by atoms with Crippen LogP contribution in [-0.4, -0.2) is 30.6 Å². The van der Waals surface area contributed by atoms with E-state index in [1.54, 1.807) is 4.90 Å². The average Bonchev–Trinajstić information content (AvgIpc) is 3.04. The summed E-state index contributed by atoms with van der Waals surface area (Å²) in [5.41, 5.74) is 0.900. The molecule has 0 aromatic heterocycles. The van der Waals surface area contributed by atoms with Crippen LogP contribution in [0, 0.1) is 0 Å². The van der Waals surface area contributed by atoms with Gasteiger partial charge in [-0.3, -0.25) is 4.79 Å². The monoisotopic (exact) mass is 385 g/mol. The number of amides is 3. The molecule has 5 heteroatoms. The van der Waals surface area contributed by atoms with Gasteiger partial charge in [-0.2, -0.15) is 0 Å². The molecule has 3 rings (SSSR count). The van der Waals surface area contributed by atoms with E-state index >= 15 is 0 Å². The Labute approximate surface area is 169 Å². The van der Waals surface area contributed by atoms with Crippen LogP contribution >= 0.6 is 0 Å². The molecule has 1 aliphatic carbocycles. The van der Waals surface area contributed by atoms with Crippen molar-refractivity contribution in [3.05, 3.63) is 30.3 Å². The number of nitrogens with one attached hydrogen (secondary N) is 2. The van der Waals surface area contributed by atoms with E-state index in [2.05, 4.69) is 10.6 Å². The molecule has 1 aliphatic heterocycles. The summed E-state index contributed by atoms with van der Waals surface area (Å²) >= 11 is 0. The van der Waals surface area contributed by atoms with E-state index in [1.165, 1.54) is 57.8 Å². The molecule has 1 aromatic rings. The fourth-order valence-electron chi connectivity index (χ4n) is 4.38. The van der Waals surface area contributed by atoms with Crippen molar-refractivity contribution in [1.29, 1.82) is 0 Å². The minimum atomic E-state index is -0.126. The van der Waals surface area contributed by atoms with Crippen LogP contribution in [0.4, 0.5) is 10.5 Å². The molecule has 3 amide bonds. The molecule has 2 aliphatic rings. The zero-order valence-electron chi connectivity index (χ0n) is 17.0. The van der Waals surface area contributed by atoms with Crippen molar-refractivity contribution in [3.63, 3.8) is 0 Å². The molecule has 5 nitrogen and oxygen atoms in total. The Bertz CT molecular complexity index is 608. The van der Waals surface area contributed by atoms with Crippen LogP contribution in [-0.2, 0) is 4.79 Å². The highest BCUT2D eigenvalue weighted by molar-refractivity contribution is 5.96. The van der Waals surface area contributed by atoms with Gasteiger partial charge in [0.25, 0.3) is 0 Å². The third-order valence-corrected chi connectivity index (χ3v) is 5.97. The van der Waals surface area contributed by atoms with Crippen LogP contribution in [0.5, 0.6) is 0 Å². The van der Waals surface area contributed by atoms with E-state index in [1.807, 2.05) is 30.3 Å². The smallest absolute Gasteiger partial charge is 0.315 e. The van der Waals surface area contributed by atoms with Gasteiger partial charge in [0.05, 0.1) is 6.04 Å². The Morgan fingerprint density at radius 3 is 1.93 bits per heavy atom. The van der Waals surface area contributed by atoms with Gasteiger partial charge < -0.3 is 15.5 Å². The largest absolute Gasteiger partial charge is 0.335 e. The minimum absolute atomic E-state index is 0.0718. The summed E-state index contributed by atoms with van der Waals surface area (Å²) in [5.74, 6) is 0.0718. The van der Waals surface area contributed by atoms with Gasteiger partial charge in [-0.05, 0) is 25.0 Å². The number of hydrogen-bond acceptors (Lipinski definition) is 2. The number of nitrogens with zero attached hydrogens (tertiary/aromatic N) is 1. The first-order valence-corrected chi connectivity index (χ1v) is 11.1. The number of carbonyl (C=O) groups excluding carboxylic acids is 2. The number of urea groups is 1. The quantitative estimate of drug-likeness (QED) is 0.788. The molecule has 1 saturated heterocycles. The van der Waals surface area contributed by atoms with Gasteiger partial charge >= 0.3 is 6.03 Å². The molecule has 2 fully saturated rings. The molecule has 1 aromatic carbocycles. The topological polar surface area (TPSA) is 61.4 Å². The zero-order valence-corrected chi connectivity index (χ0v) is 17.0. The highest BCUT2D eigenvalue weighted by Crippen LogP contribution is 2.21. The second-order valence-corrected chi connectivity index (χ2v) is 8.31. The number of rotatable bonds is 3. The van der Waals surface area contributed by atoms with Crippen molar-refractivity contribution in [2.45, 2.75) is 89.1 Å². The van der Waals surface area contributed by atoms with Crippen LogP contribution in [0.1, 0.15) is 77.0 Å². The third kappa shape index (κ3) is 6.54. The summed E-state index contributed by atoms with van der Waals surface area (Å²) < 4.78 is 0. The standard InChI is InChI=1S/C23H35N3O2/c27-22-17-20(18-26(22)21-15-11-8-12-16-21)25-23(28)24-19-13-9-6-4-2-1-3-5-7-10-14-19/h8,11-12,15-16,19-20H,1-7,9-10,13-14,17-18H2,(H2,24,25,28)/t20-/m1/s1. The fraction of sp³-hybridized carbons (Fsp3) is 0.652. The van der Waals surface area contributed by atoms with Crippen LogP contribution in [0.2, 0.25) is 0 Å². The van der Waals surface area contributed by atoms with Crippen molar-refractivity contribution in [3.8, 4) is 0 Å². The predicted molar refractivity (Wildman–Crippen MR) is 113 cm³/mol. The van der Waals surface area contributed by atoms with E-state index in [4.69, 9.17) is 0 Å². The van der Waals surface area contributed by atoms with Gasteiger partial charge in [-0.1, -0.05) is 76.0 Å². The lowest BCUT2D eigenvalue weighted by Crippen LogP contribution is -2.47. The lowest BCUT2D eigenvalue weighted by molar-refractivity contribution is -0.117. The molecule has 0 bridgehead atoms. The Hall–Kier alpha value is -2.04. The number of hydrogen-bond donors (Lipinski definition) is 2. The summed E-state index contributed by atoms with van der Waals surface area (Å²) in [6, 6.07) is 9.68. The molecule has 0 unspecified atom stereocenters. The summed E-state index contributed by atoms with van der Waals surface area (Å²) in [5, 5.41) is 6.22. The summed E-state index contributed by atoms with van der Waals surface area (Å²) in [6.07, 6.45) is 14.1. The molecular formula is C23H35N3O2. The Morgan fingerprint density at radius 2 is 1.32 bits per heavy atom. The van der Waals surface area contributed by atoms with Crippen molar-refractivity contribution in [1.82, 2.24) is 10.6 Å². The third-order valence-electron chi connectivity index (χ3n) is 5.97. The van der Waals surface area contributed by atoms with E-state index < -0.39 is 0 Å². The van der Waals surface area contributed by atoms with Gasteiger partial charge in [0.2, 0.25) is 5.91 Å². The first-order chi connectivity index (χ1) is 13.7. The zero-order chi connectivity index (χ0) is 19.6. The van der Waals surface area contributed by atoms with Crippen LogP contribution in [0.25, 0.3) is 0 Å². The maximum absolute atomic E-state index is 12.5. The maximum atomic E-state index is 12.5. The first kappa shape index (κ1) is 20.7. The number of carbonyl (C=O) groups is 2. The van der Waals surface area contributed by atoms with Gasteiger partial charge in [0.1, 0.15) is 0 Å². The van der Waals surface area contributed by atoms with E-state index in [-0.39, 0.29) is 24.0 Å². The second kappa shape index (κ2) is 11.1. The molecular weight excluding hydrogens is 350 g/mol. The highest BCUT2D eigenvalue weighted by Gasteiger charge is 2.31. The second-order valence-electron chi connectivity index (χ2n) is 8.31. The van der Waals surface area contributed by atoms with Crippen molar-refractivity contribution in [2.75, 3.05) is 11.4 Å². The Balaban J connectivity index is 1.46. The molecule has 2 N–H and O–H groups in total. The fourth-order valence-corrected chi connectivity index (χ4v) is 4.38. The number of benzene rings is 1. The normalized spacial score (nSPS) is 22.9. The summed E-state index contributed by atoms with van der Waals surface area (Å²) in [7, 11) is 0. The summed E-state index contributed by atoms with van der Waals surface area (Å²) in [4.78, 5) is 26.6. The molecule has 1 heterocycles. The Morgan fingerprint density at radius 1 is 0.786 bits per heavy atom. The van der Waals surface area contributed by atoms with Crippen molar-refractivity contribution >= 4 is 17.6 Å². The van der Waals surface area contributed by atoms with Gasteiger partial charge in [-0.15, -0.1) is 0 Å². The number of anilines is 1. The van der Waals surface area contributed by atoms with Crippen LogP contribution in [0.15, 0.2) is 30.3 Å². The first-order valence-electron chi connectivity index (χ1n) is 11.1. The van der Waals surface area contributed by atoms with Crippen LogP contribution < -0.4 is 15.5 Å². The van der Waals surface area contributed by atoms with E-state index in [0.29, 0.717) is 13.0 Å². The van der Waals surface area contributed by atoms with Crippen LogP contribution in [0.3, 0.4) is 0 Å². The molecule has 1 saturated carbocycles. The molecule has 0 spiro atoms. The van der Waals surface area contributed by atoms with Gasteiger partial charge in [0.15, 0.2) is 0 Å². The highest BCUT2D eigenvalue weighted by atomic mass is 16.2. The SMILES string of the molecule is O=C(NC1CCCCCCCCCCC1)N[C@@H]1CC(=O)N(c2ccccc2)C1. The lowest BCUT2D eigenvalue weighted by atomic mass is 9.98. The maximum Gasteiger partial charge on any atom is 0.315 e. The van der Waals surface area contributed by atoms with Crippen molar-refractivity contribution < 1.29 is 9.59 Å². The lowest BCUT2D eigenvalue weighted by Gasteiger charge is -2.22.